The molecule has 0 aromatic carbocycles. The number of carbonyl (C=O) groups excluding carboxylic acids is 1. The lowest BCUT2D eigenvalue weighted by molar-refractivity contribution is -0.129. The summed E-state index contributed by atoms with van der Waals surface area (Å²) in [6, 6.07) is 5.35. The highest BCUT2D eigenvalue weighted by Gasteiger charge is 2.26. The number of carbonyl (C=O) groups is 1. The van der Waals surface area contributed by atoms with Gasteiger partial charge in [0.15, 0.2) is 0 Å². The first-order valence-corrected chi connectivity index (χ1v) is 10.7. The van der Waals surface area contributed by atoms with Crippen molar-refractivity contribution in [3.8, 4) is 11.9 Å². The van der Waals surface area contributed by atoms with E-state index in [0.29, 0.717) is 23.9 Å². The molecule has 5 nitrogen and oxygen atoms in total. The minimum Gasteiger partial charge on any atom is -0.472 e. The van der Waals surface area contributed by atoms with E-state index in [1.807, 2.05) is 57.7 Å². The fraction of sp³-hybridized carbons (Fsp3) is 0.542. The van der Waals surface area contributed by atoms with E-state index in [0.717, 1.165) is 25.0 Å². The van der Waals surface area contributed by atoms with Gasteiger partial charge >= 0.3 is 0 Å². The SMILES string of the molecule is C/C=C\C(=C/C(C)C)C(=O)N1CCC[C@@H](Oc2cc(C#N)ccn2)C1.CC.CC. The van der Waals surface area contributed by atoms with E-state index >= 15 is 0 Å². The Morgan fingerprint density at radius 2 is 2.03 bits per heavy atom. The number of amides is 1. The number of rotatable bonds is 5. The molecule has 0 N–H and O–H groups in total. The van der Waals surface area contributed by atoms with E-state index < -0.39 is 0 Å². The molecule has 1 fully saturated rings. The van der Waals surface area contributed by atoms with Crippen LogP contribution in [-0.4, -0.2) is 35.0 Å². The second-order valence-corrected chi connectivity index (χ2v) is 6.49. The van der Waals surface area contributed by atoms with Crippen LogP contribution in [0.1, 0.15) is 66.9 Å². The van der Waals surface area contributed by atoms with Crippen LogP contribution in [0.2, 0.25) is 0 Å². The van der Waals surface area contributed by atoms with E-state index in [2.05, 4.69) is 24.9 Å². The number of allylic oxidation sites excluding steroid dienone is 2. The Hall–Kier alpha value is -2.61. The van der Waals surface area contributed by atoms with Crippen molar-refractivity contribution in [3.63, 3.8) is 0 Å². The second kappa shape index (κ2) is 15.3. The molecule has 160 valence electrons. The molecule has 1 amide bonds. The smallest absolute Gasteiger partial charge is 0.253 e. The number of likely N-dealkylation sites (tertiary alicyclic amines) is 1. The van der Waals surface area contributed by atoms with Crippen LogP contribution in [0.25, 0.3) is 0 Å². The van der Waals surface area contributed by atoms with Crippen LogP contribution < -0.4 is 4.74 Å². The summed E-state index contributed by atoms with van der Waals surface area (Å²) in [7, 11) is 0. The van der Waals surface area contributed by atoms with E-state index in [1.54, 1.807) is 18.3 Å². The summed E-state index contributed by atoms with van der Waals surface area (Å²) < 4.78 is 5.91. The highest BCUT2D eigenvalue weighted by atomic mass is 16.5. The number of pyridine rings is 1. The summed E-state index contributed by atoms with van der Waals surface area (Å²) in [5, 5.41) is 8.97. The summed E-state index contributed by atoms with van der Waals surface area (Å²) >= 11 is 0. The van der Waals surface area contributed by atoms with Crippen molar-refractivity contribution < 1.29 is 9.53 Å². The summed E-state index contributed by atoms with van der Waals surface area (Å²) in [5.74, 6) is 0.786. The fourth-order valence-corrected chi connectivity index (χ4v) is 2.85. The van der Waals surface area contributed by atoms with Gasteiger partial charge in [-0.15, -0.1) is 0 Å². The molecule has 1 aliphatic rings. The number of hydrogen-bond acceptors (Lipinski definition) is 4. The monoisotopic (exact) mass is 399 g/mol. The van der Waals surface area contributed by atoms with E-state index in [1.165, 1.54) is 0 Å². The molecule has 0 saturated carbocycles. The molecule has 2 heterocycles. The summed E-state index contributed by atoms with van der Waals surface area (Å²) in [4.78, 5) is 18.8. The van der Waals surface area contributed by atoms with E-state index in [4.69, 9.17) is 10.00 Å². The van der Waals surface area contributed by atoms with Gasteiger partial charge in [0.25, 0.3) is 5.91 Å². The zero-order valence-corrected chi connectivity index (χ0v) is 19.1. The maximum absolute atomic E-state index is 12.8. The lowest BCUT2D eigenvalue weighted by Crippen LogP contribution is -2.44. The topological polar surface area (TPSA) is 66.2 Å². The number of piperidine rings is 1. The number of nitriles is 1. The summed E-state index contributed by atoms with van der Waals surface area (Å²) in [6.45, 7) is 15.3. The first-order valence-electron chi connectivity index (χ1n) is 10.7. The third-order valence-electron chi connectivity index (χ3n) is 3.92. The average Bonchev–Trinajstić information content (AvgIpc) is 2.76. The molecule has 2 rings (SSSR count). The fourth-order valence-electron chi connectivity index (χ4n) is 2.85. The highest BCUT2D eigenvalue weighted by Crippen LogP contribution is 2.19. The van der Waals surface area contributed by atoms with Crippen LogP contribution in [0.4, 0.5) is 0 Å². The van der Waals surface area contributed by atoms with Crippen LogP contribution >= 0.6 is 0 Å². The third kappa shape index (κ3) is 9.43. The predicted molar refractivity (Wildman–Crippen MR) is 120 cm³/mol. The summed E-state index contributed by atoms with van der Waals surface area (Å²) in [6.07, 6.45) is 8.96. The molecule has 1 aromatic rings. The van der Waals surface area contributed by atoms with Crippen LogP contribution in [0.5, 0.6) is 5.88 Å². The van der Waals surface area contributed by atoms with Gasteiger partial charge in [-0.25, -0.2) is 4.98 Å². The van der Waals surface area contributed by atoms with Crippen LogP contribution in [-0.2, 0) is 4.79 Å². The normalized spacial score (nSPS) is 16.3. The van der Waals surface area contributed by atoms with Gasteiger partial charge in [-0.2, -0.15) is 5.26 Å². The largest absolute Gasteiger partial charge is 0.472 e. The van der Waals surface area contributed by atoms with Gasteiger partial charge in [0.2, 0.25) is 5.88 Å². The molecule has 0 radical (unpaired) electrons. The van der Waals surface area contributed by atoms with Crippen molar-refractivity contribution in [2.24, 2.45) is 5.92 Å². The minimum absolute atomic E-state index is 0.0406. The first kappa shape index (κ1) is 26.4. The highest BCUT2D eigenvalue weighted by molar-refractivity contribution is 5.96. The van der Waals surface area contributed by atoms with E-state index in [-0.39, 0.29) is 12.0 Å². The molecular formula is C24H37N3O2. The van der Waals surface area contributed by atoms with Gasteiger partial charge in [0.1, 0.15) is 6.10 Å². The number of hydrogen-bond donors (Lipinski definition) is 0. The Morgan fingerprint density at radius 3 is 2.62 bits per heavy atom. The number of nitrogens with zero attached hydrogens (tertiary/aromatic N) is 3. The van der Waals surface area contributed by atoms with Crippen molar-refractivity contribution in [3.05, 3.63) is 47.7 Å². The quantitative estimate of drug-likeness (QED) is 0.482. The standard InChI is InChI=1S/C20H25N3O2.2C2H6/c1-4-6-17(11-15(2)3)20(24)23-10-5-7-18(14-23)25-19-12-16(13-21)8-9-22-19;2*1-2/h4,6,8-9,11-12,15,18H,5,7,10,14H2,1-3H3;2*1-2H3/b6-4-,17-11+;;/t18-;;/m1../s1. The van der Waals surface area contributed by atoms with Crippen molar-refractivity contribution >= 4 is 5.91 Å². The molecule has 1 saturated heterocycles. The summed E-state index contributed by atoms with van der Waals surface area (Å²) in [5.41, 5.74) is 1.24. The Labute approximate surface area is 177 Å². The zero-order valence-electron chi connectivity index (χ0n) is 19.1. The molecule has 29 heavy (non-hydrogen) atoms. The van der Waals surface area contributed by atoms with Crippen molar-refractivity contribution in [1.82, 2.24) is 9.88 Å². The van der Waals surface area contributed by atoms with Gasteiger partial charge in [-0.1, -0.05) is 59.8 Å². The molecule has 1 aromatic heterocycles. The van der Waals surface area contributed by atoms with Crippen molar-refractivity contribution in [2.75, 3.05) is 13.1 Å². The van der Waals surface area contributed by atoms with Gasteiger partial charge in [-0.05, 0) is 31.7 Å². The van der Waals surface area contributed by atoms with Gasteiger partial charge < -0.3 is 9.64 Å². The molecule has 0 unspecified atom stereocenters. The maximum Gasteiger partial charge on any atom is 0.253 e. The van der Waals surface area contributed by atoms with Gasteiger partial charge in [0.05, 0.1) is 18.2 Å². The average molecular weight is 400 g/mol. The maximum atomic E-state index is 12.8. The van der Waals surface area contributed by atoms with Crippen LogP contribution in [0, 0.1) is 17.2 Å². The van der Waals surface area contributed by atoms with Crippen LogP contribution in [0.15, 0.2) is 42.1 Å². The first-order chi connectivity index (χ1) is 14.0. The number of aromatic nitrogens is 1. The molecular weight excluding hydrogens is 362 g/mol. The van der Waals surface area contributed by atoms with Gasteiger partial charge in [-0.3, -0.25) is 4.79 Å². The Kier molecular flexibility index (Phi) is 13.9. The van der Waals surface area contributed by atoms with Crippen molar-refractivity contribution in [2.45, 2.75) is 67.4 Å². The molecule has 0 spiro atoms. The number of ether oxygens (including phenoxy) is 1. The lowest BCUT2D eigenvalue weighted by atomic mass is 10.0. The predicted octanol–water partition coefficient (Wildman–Crippen LogP) is 5.53. The minimum atomic E-state index is -0.106. The third-order valence-corrected chi connectivity index (χ3v) is 3.92. The second-order valence-electron chi connectivity index (χ2n) is 6.49. The Balaban J connectivity index is 0.00000184. The van der Waals surface area contributed by atoms with Crippen LogP contribution in [0.3, 0.4) is 0 Å². The van der Waals surface area contributed by atoms with Crippen molar-refractivity contribution in [1.29, 1.82) is 5.26 Å². The van der Waals surface area contributed by atoms with Gasteiger partial charge in [0, 0.05) is 24.4 Å². The molecule has 1 aliphatic heterocycles. The molecule has 1 atom stereocenters. The lowest BCUT2D eigenvalue weighted by Gasteiger charge is -2.33. The Bertz CT molecular complexity index is 702. The molecule has 5 heteroatoms. The molecule has 0 aliphatic carbocycles. The van der Waals surface area contributed by atoms with E-state index in [9.17, 15) is 4.79 Å². The zero-order chi connectivity index (χ0) is 22.2. The Morgan fingerprint density at radius 1 is 1.34 bits per heavy atom. The molecule has 0 bridgehead atoms.